The summed E-state index contributed by atoms with van der Waals surface area (Å²) >= 11 is 0. The lowest BCUT2D eigenvalue weighted by Crippen LogP contribution is -2.39. The third kappa shape index (κ3) is 4.45. The molecule has 5 nitrogen and oxygen atoms in total. The van der Waals surface area contributed by atoms with Crippen LogP contribution in [-0.2, 0) is 4.79 Å². The van der Waals surface area contributed by atoms with Crippen molar-refractivity contribution in [3.05, 3.63) is 30.1 Å². The maximum atomic E-state index is 13.0. The Bertz CT molecular complexity index is 546. The predicted molar refractivity (Wildman–Crippen MR) is 88.3 cm³/mol. The van der Waals surface area contributed by atoms with Crippen molar-refractivity contribution < 1.29 is 19.0 Å². The Morgan fingerprint density at radius 3 is 2.50 bits per heavy atom. The molecule has 0 spiro atoms. The minimum absolute atomic E-state index is 0.180. The van der Waals surface area contributed by atoms with Gasteiger partial charge in [0, 0.05) is 26.2 Å². The third-order valence-electron chi connectivity index (χ3n) is 4.82. The first-order valence-corrected chi connectivity index (χ1v) is 8.72. The maximum Gasteiger partial charge on any atom is 0.236 e. The Hall–Kier alpha value is -1.66. The molecule has 0 aromatic heterocycles. The Morgan fingerprint density at radius 1 is 1.12 bits per heavy atom. The van der Waals surface area contributed by atoms with Crippen molar-refractivity contribution in [2.45, 2.75) is 37.9 Å². The molecule has 1 N–H and O–H groups in total. The van der Waals surface area contributed by atoms with Crippen LogP contribution in [0.5, 0.6) is 5.75 Å². The van der Waals surface area contributed by atoms with E-state index in [9.17, 15) is 14.3 Å². The standard InChI is InChI=1S/C18H25FN2O3/c19-14-3-5-15(6-4-14)24-17-8-12-20(11-7-16(17)22)13-18(23)21-9-1-2-10-21/h3-6,16-17,22H,1-2,7-13H2/t16-,17-/m0/s1. The van der Waals surface area contributed by atoms with Crippen LogP contribution in [0, 0.1) is 5.82 Å². The van der Waals surface area contributed by atoms with E-state index < -0.39 is 6.10 Å². The van der Waals surface area contributed by atoms with Gasteiger partial charge in [-0.15, -0.1) is 0 Å². The van der Waals surface area contributed by atoms with Gasteiger partial charge in [-0.05, 0) is 49.9 Å². The molecule has 3 rings (SSSR count). The van der Waals surface area contributed by atoms with Crippen LogP contribution in [0.25, 0.3) is 0 Å². The molecule has 2 fully saturated rings. The number of rotatable bonds is 4. The van der Waals surface area contributed by atoms with Gasteiger partial charge in [-0.1, -0.05) is 0 Å². The van der Waals surface area contributed by atoms with E-state index >= 15 is 0 Å². The molecule has 132 valence electrons. The highest BCUT2D eigenvalue weighted by atomic mass is 19.1. The second kappa shape index (κ2) is 7.94. The number of hydrogen-bond acceptors (Lipinski definition) is 4. The van der Waals surface area contributed by atoms with Crippen LogP contribution >= 0.6 is 0 Å². The number of nitrogens with zero attached hydrogens (tertiary/aromatic N) is 2. The Morgan fingerprint density at radius 2 is 1.79 bits per heavy atom. The molecule has 1 amide bonds. The van der Waals surface area contributed by atoms with E-state index in [0.717, 1.165) is 25.9 Å². The molecule has 0 bridgehead atoms. The fraction of sp³-hybridized carbons (Fsp3) is 0.611. The van der Waals surface area contributed by atoms with Crippen molar-refractivity contribution >= 4 is 5.91 Å². The van der Waals surface area contributed by atoms with Gasteiger partial charge in [0.05, 0.1) is 12.6 Å². The van der Waals surface area contributed by atoms with Crippen LogP contribution in [0.4, 0.5) is 4.39 Å². The van der Waals surface area contributed by atoms with Crippen LogP contribution in [0.2, 0.25) is 0 Å². The monoisotopic (exact) mass is 336 g/mol. The summed E-state index contributed by atoms with van der Waals surface area (Å²) in [6.07, 6.45) is 2.49. The van der Waals surface area contributed by atoms with Crippen LogP contribution < -0.4 is 4.74 Å². The number of halogens is 1. The molecule has 2 aliphatic heterocycles. The lowest BCUT2D eigenvalue weighted by Gasteiger charge is -2.23. The first-order chi connectivity index (χ1) is 11.6. The van der Waals surface area contributed by atoms with E-state index in [0.29, 0.717) is 38.2 Å². The SMILES string of the molecule is O=C(CN1CC[C@H](Oc2ccc(F)cc2)[C@@H](O)CC1)N1CCCC1. The summed E-state index contributed by atoms with van der Waals surface area (Å²) in [6, 6.07) is 5.84. The zero-order valence-electron chi connectivity index (χ0n) is 13.9. The first-order valence-electron chi connectivity index (χ1n) is 8.72. The smallest absolute Gasteiger partial charge is 0.236 e. The second-order valence-electron chi connectivity index (χ2n) is 6.62. The Balaban J connectivity index is 1.52. The molecule has 0 unspecified atom stereocenters. The molecule has 2 heterocycles. The van der Waals surface area contributed by atoms with Crippen LogP contribution in [0.15, 0.2) is 24.3 Å². The zero-order valence-corrected chi connectivity index (χ0v) is 13.9. The Kier molecular flexibility index (Phi) is 5.68. The van der Waals surface area contributed by atoms with Crippen molar-refractivity contribution in [3.63, 3.8) is 0 Å². The summed E-state index contributed by atoms with van der Waals surface area (Å²) in [5, 5.41) is 10.3. The molecule has 1 aromatic carbocycles. The van der Waals surface area contributed by atoms with Crippen LogP contribution in [-0.4, -0.2) is 65.7 Å². The van der Waals surface area contributed by atoms with Gasteiger partial charge in [-0.3, -0.25) is 9.69 Å². The molecule has 0 aliphatic carbocycles. The minimum atomic E-state index is -0.582. The number of carbonyl (C=O) groups excluding carboxylic acids is 1. The van der Waals surface area contributed by atoms with Crippen molar-refractivity contribution in [3.8, 4) is 5.75 Å². The van der Waals surface area contributed by atoms with Crippen molar-refractivity contribution in [2.75, 3.05) is 32.7 Å². The number of ether oxygens (including phenoxy) is 1. The van der Waals surface area contributed by atoms with Gasteiger partial charge in [0.25, 0.3) is 0 Å². The lowest BCUT2D eigenvalue weighted by molar-refractivity contribution is -0.131. The summed E-state index contributed by atoms with van der Waals surface area (Å²) < 4.78 is 18.8. The molecular weight excluding hydrogens is 311 g/mol. The van der Waals surface area contributed by atoms with E-state index in [-0.39, 0.29) is 17.8 Å². The summed E-state index contributed by atoms with van der Waals surface area (Å²) in [4.78, 5) is 16.3. The molecule has 2 atom stereocenters. The number of hydrogen-bond donors (Lipinski definition) is 1. The number of benzene rings is 1. The van der Waals surface area contributed by atoms with Gasteiger partial charge in [-0.2, -0.15) is 0 Å². The highest BCUT2D eigenvalue weighted by Crippen LogP contribution is 2.20. The molecule has 6 heteroatoms. The maximum absolute atomic E-state index is 13.0. The van der Waals surface area contributed by atoms with Crippen molar-refractivity contribution in [1.82, 2.24) is 9.80 Å². The topological polar surface area (TPSA) is 53.0 Å². The van der Waals surface area contributed by atoms with Gasteiger partial charge >= 0.3 is 0 Å². The highest BCUT2D eigenvalue weighted by Gasteiger charge is 2.28. The fourth-order valence-electron chi connectivity index (χ4n) is 3.36. The van der Waals surface area contributed by atoms with Gasteiger partial charge in [0.2, 0.25) is 5.91 Å². The molecule has 2 saturated heterocycles. The number of carbonyl (C=O) groups is 1. The van der Waals surface area contributed by atoms with E-state index in [4.69, 9.17) is 4.74 Å². The third-order valence-corrected chi connectivity index (χ3v) is 4.82. The highest BCUT2D eigenvalue weighted by molar-refractivity contribution is 5.78. The lowest BCUT2D eigenvalue weighted by atomic mass is 10.1. The average molecular weight is 336 g/mol. The summed E-state index contributed by atoms with van der Waals surface area (Å²) in [7, 11) is 0. The second-order valence-corrected chi connectivity index (χ2v) is 6.62. The predicted octanol–water partition coefficient (Wildman–Crippen LogP) is 1.65. The molecular formula is C18H25FN2O3. The van der Waals surface area contributed by atoms with Crippen molar-refractivity contribution in [2.24, 2.45) is 0 Å². The molecule has 1 aromatic rings. The minimum Gasteiger partial charge on any atom is -0.488 e. The Labute approximate surface area is 142 Å². The molecule has 0 saturated carbocycles. The summed E-state index contributed by atoms with van der Waals surface area (Å²) in [5.74, 6) is 0.428. The van der Waals surface area contributed by atoms with Crippen LogP contribution in [0.3, 0.4) is 0 Å². The van der Waals surface area contributed by atoms with E-state index in [1.165, 1.54) is 12.1 Å². The summed E-state index contributed by atoms with van der Waals surface area (Å²) in [6.45, 7) is 3.54. The molecule has 24 heavy (non-hydrogen) atoms. The van der Waals surface area contributed by atoms with Gasteiger partial charge in [0.1, 0.15) is 17.7 Å². The average Bonchev–Trinajstić information content (AvgIpc) is 3.06. The number of likely N-dealkylation sites (tertiary alicyclic amines) is 2. The number of amides is 1. The zero-order chi connectivity index (χ0) is 16.9. The van der Waals surface area contributed by atoms with Crippen LogP contribution in [0.1, 0.15) is 25.7 Å². The first kappa shape index (κ1) is 17.2. The van der Waals surface area contributed by atoms with E-state index in [2.05, 4.69) is 4.90 Å². The summed E-state index contributed by atoms with van der Waals surface area (Å²) in [5.41, 5.74) is 0. The van der Waals surface area contributed by atoms with E-state index in [1.807, 2.05) is 4.90 Å². The molecule has 2 aliphatic rings. The van der Waals surface area contributed by atoms with Crippen molar-refractivity contribution in [1.29, 1.82) is 0 Å². The normalized spacial score (nSPS) is 25.5. The largest absolute Gasteiger partial charge is 0.488 e. The van der Waals surface area contributed by atoms with Gasteiger partial charge in [0.15, 0.2) is 0 Å². The fourth-order valence-corrected chi connectivity index (χ4v) is 3.36. The number of aliphatic hydroxyl groups is 1. The quantitative estimate of drug-likeness (QED) is 0.908. The number of aliphatic hydroxyl groups excluding tert-OH is 1. The van der Waals surface area contributed by atoms with Gasteiger partial charge < -0.3 is 14.7 Å². The van der Waals surface area contributed by atoms with Gasteiger partial charge in [-0.25, -0.2) is 4.39 Å². The molecule has 0 radical (unpaired) electrons. The van der Waals surface area contributed by atoms with E-state index in [1.54, 1.807) is 12.1 Å².